The predicted molar refractivity (Wildman–Crippen MR) is 57.1 cm³/mol. The van der Waals surface area contributed by atoms with Crippen LogP contribution in [0.1, 0.15) is 29.5 Å². The first-order valence-electron chi connectivity index (χ1n) is 5.37. The van der Waals surface area contributed by atoms with Gasteiger partial charge in [0.2, 0.25) is 0 Å². The average molecular weight is 224 g/mol. The van der Waals surface area contributed by atoms with Gasteiger partial charge < -0.3 is 9.84 Å². The Kier molecular flexibility index (Phi) is 2.71. The molecule has 1 aromatic heterocycles. The fraction of sp³-hybridized carbons (Fsp3) is 0.636. The van der Waals surface area contributed by atoms with E-state index in [4.69, 9.17) is 9.84 Å². The number of carboxylic acid groups (broad SMARTS) is 1. The first-order valence-corrected chi connectivity index (χ1v) is 5.37. The van der Waals surface area contributed by atoms with Crippen molar-refractivity contribution in [2.45, 2.75) is 26.4 Å². The molecule has 5 heteroatoms. The van der Waals surface area contributed by atoms with Gasteiger partial charge in [-0.1, -0.05) is 0 Å². The second-order valence-electron chi connectivity index (χ2n) is 4.23. The number of hydrogen-bond donors (Lipinski definition) is 1. The van der Waals surface area contributed by atoms with Gasteiger partial charge >= 0.3 is 5.97 Å². The van der Waals surface area contributed by atoms with Crippen molar-refractivity contribution >= 4 is 5.97 Å². The molecule has 5 nitrogen and oxygen atoms in total. The Labute approximate surface area is 94.0 Å². The van der Waals surface area contributed by atoms with E-state index in [1.165, 1.54) is 0 Å². The maximum atomic E-state index is 11.1. The van der Waals surface area contributed by atoms with Gasteiger partial charge in [-0.05, 0) is 20.3 Å². The minimum absolute atomic E-state index is 0.341. The Balaban J connectivity index is 2.40. The molecule has 0 radical (unpaired) electrons. The third kappa shape index (κ3) is 1.61. The highest BCUT2D eigenvalue weighted by Gasteiger charge is 2.37. The summed E-state index contributed by atoms with van der Waals surface area (Å²) in [5.74, 6) is -1.23. The molecule has 0 saturated carbocycles. The van der Waals surface area contributed by atoms with Crippen molar-refractivity contribution in [3.63, 3.8) is 0 Å². The third-order valence-electron chi connectivity index (χ3n) is 3.26. The molecule has 1 aliphatic heterocycles. The molecule has 0 amide bonds. The zero-order valence-corrected chi connectivity index (χ0v) is 9.73. The molecular weight excluding hydrogens is 208 g/mol. The fourth-order valence-electron chi connectivity index (χ4n) is 2.33. The molecule has 1 saturated heterocycles. The van der Waals surface area contributed by atoms with Crippen LogP contribution >= 0.6 is 0 Å². The number of aliphatic carboxylic acids is 1. The summed E-state index contributed by atoms with van der Waals surface area (Å²) in [6.45, 7) is 4.34. The van der Waals surface area contributed by atoms with Gasteiger partial charge in [0, 0.05) is 24.9 Å². The van der Waals surface area contributed by atoms with E-state index in [1.54, 1.807) is 4.68 Å². The van der Waals surface area contributed by atoms with Crippen molar-refractivity contribution in [2.24, 2.45) is 13.0 Å². The summed E-state index contributed by atoms with van der Waals surface area (Å²) in [4.78, 5) is 11.1. The van der Waals surface area contributed by atoms with Crippen LogP contribution in [0.25, 0.3) is 0 Å². The quantitative estimate of drug-likeness (QED) is 0.819. The van der Waals surface area contributed by atoms with Crippen LogP contribution in [0, 0.1) is 19.8 Å². The first kappa shape index (κ1) is 11.1. The normalized spacial score (nSPS) is 24.9. The summed E-state index contributed by atoms with van der Waals surface area (Å²) in [6.07, 6.45) is 0.236. The monoisotopic (exact) mass is 224 g/mol. The van der Waals surface area contributed by atoms with Gasteiger partial charge in [-0.3, -0.25) is 9.48 Å². The highest BCUT2D eigenvalue weighted by atomic mass is 16.5. The molecule has 1 N–H and O–H groups in total. The second-order valence-corrected chi connectivity index (χ2v) is 4.23. The molecule has 2 atom stereocenters. The number of aromatic nitrogens is 2. The lowest BCUT2D eigenvalue weighted by Gasteiger charge is -2.15. The molecule has 1 aliphatic rings. The maximum absolute atomic E-state index is 11.1. The summed E-state index contributed by atoms with van der Waals surface area (Å²) in [6, 6.07) is 0. The van der Waals surface area contributed by atoms with Gasteiger partial charge in [-0.25, -0.2) is 0 Å². The molecule has 2 rings (SSSR count). The summed E-state index contributed by atoms with van der Waals surface area (Å²) in [5.41, 5.74) is 2.78. The Bertz CT molecular complexity index is 425. The van der Waals surface area contributed by atoms with Crippen LogP contribution in [-0.2, 0) is 16.6 Å². The largest absolute Gasteiger partial charge is 0.481 e. The number of hydrogen-bond acceptors (Lipinski definition) is 3. The zero-order valence-electron chi connectivity index (χ0n) is 9.73. The molecule has 0 bridgehead atoms. The molecule has 1 aromatic rings. The van der Waals surface area contributed by atoms with E-state index in [-0.39, 0.29) is 6.10 Å². The van der Waals surface area contributed by atoms with Gasteiger partial charge in [-0.15, -0.1) is 0 Å². The van der Waals surface area contributed by atoms with E-state index in [1.807, 2.05) is 20.9 Å². The van der Waals surface area contributed by atoms with E-state index >= 15 is 0 Å². The summed E-state index contributed by atoms with van der Waals surface area (Å²) in [7, 11) is 1.86. The molecule has 0 unspecified atom stereocenters. The third-order valence-corrected chi connectivity index (χ3v) is 3.26. The van der Waals surface area contributed by atoms with E-state index in [0.29, 0.717) is 13.0 Å². The van der Waals surface area contributed by atoms with Crippen molar-refractivity contribution in [1.82, 2.24) is 9.78 Å². The predicted octanol–water partition coefficient (Wildman–Crippen LogP) is 1.20. The van der Waals surface area contributed by atoms with Crippen molar-refractivity contribution in [2.75, 3.05) is 6.61 Å². The van der Waals surface area contributed by atoms with Crippen LogP contribution < -0.4 is 0 Å². The van der Waals surface area contributed by atoms with E-state index in [9.17, 15) is 4.79 Å². The highest BCUT2D eigenvalue weighted by Crippen LogP contribution is 2.37. The summed E-state index contributed by atoms with van der Waals surface area (Å²) >= 11 is 0. The zero-order chi connectivity index (χ0) is 11.9. The van der Waals surface area contributed by atoms with Crippen molar-refractivity contribution < 1.29 is 14.6 Å². The minimum Gasteiger partial charge on any atom is -0.481 e. The van der Waals surface area contributed by atoms with Gasteiger partial charge in [0.25, 0.3) is 0 Å². The van der Waals surface area contributed by atoms with Crippen LogP contribution in [0.15, 0.2) is 0 Å². The van der Waals surface area contributed by atoms with Gasteiger partial charge in [0.05, 0.1) is 17.7 Å². The van der Waals surface area contributed by atoms with Gasteiger partial charge in [0.15, 0.2) is 0 Å². The van der Waals surface area contributed by atoms with Crippen LogP contribution in [-0.4, -0.2) is 27.5 Å². The number of nitrogens with zero attached hydrogens (tertiary/aromatic N) is 2. The molecule has 2 heterocycles. The van der Waals surface area contributed by atoms with Crippen LogP contribution in [0.4, 0.5) is 0 Å². The second kappa shape index (κ2) is 3.90. The van der Waals surface area contributed by atoms with E-state index in [2.05, 4.69) is 5.10 Å². The number of rotatable bonds is 2. The average Bonchev–Trinajstić information content (AvgIpc) is 2.73. The molecule has 1 fully saturated rings. The number of aryl methyl sites for hydroxylation is 2. The molecule has 0 spiro atoms. The fourth-order valence-corrected chi connectivity index (χ4v) is 2.33. The van der Waals surface area contributed by atoms with Crippen LogP contribution in [0.2, 0.25) is 0 Å². The highest BCUT2D eigenvalue weighted by molar-refractivity contribution is 5.71. The van der Waals surface area contributed by atoms with Crippen molar-refractivity contribution in [1.29, 1.82) is 0 Å². The smallest absolute Gasteiger partial charge is 0.309 e. The number of carboxylic acids is 1. The Morgan fingerprint density at radius 3 is 2.75 bits per heavy atom. The van der Waals surface area contributed by atoms with Crippen LogP contribution in [0.3, 0.4) is 0 Å². The Morgan fingerprint density at radius 1 is 1.56 bits per heavy atom. The lowest BCUT2D eigenvalue weighted by atomic mass is 9.94. The van der Waals surface area contributed by atoms with Gasteiger partial charge in [-0.2, -0.15) is 5.10 Å². The SMILES string of the molecule is Cc1nn(C)c(C)c1[C@H]1OCC[C@@H]1C(=O)O. The number of ether oxygens (including phenoxy) is 1. The minimum atomic E-state index is -0.787. The Hall–Kier alpha value is -1.36. The molecule has 16 heavy (non-hydrogen) atoms. The summed E-state index contributed by atoms with van der Waals surface area (Å²) in [5, 5.41) is 13.4. The van der Waals surface area contributed by atoms with Crippen LogP contribution in [0.5, 0.6) is 0 Å². The molecule has 0 aliphatic carbocycles. The van der Waals surface area contributed by atoms with Crippen molar-refractivity contribution in [3.8, 4) is 0 Å². The number of carbonyl (C=O) groups is 1. The lowest BCUT2D eigenvalue weighted by Crippen LogP contribution is -2.18. The molecule has 0 aromatic carbocycles. The topological polar surface area (TPSA) is 64.4 Å². The standard InChI is InChI=1S/C11H16N2O3/c1-6-9(7(2)13(3)12-6)10-8(11(14)15)4-5-16-10/h8,10H,4-5H2,1-3H3,(H,14,15)/t8-,10-/m0/s1. The molecule has 88 valence electrons. The lowest BCUT2D eigenvalue weighted by molar-refractivity contribution is -0.143. The Morgan fingerprint density at radius 2 is 2.25 bits per heavy atom. The van der Waals surface area contributed by atoms with E-state index in [0.717, 1.165) is 17.0 Å². The molecular formula is C11H16N2O3. The van der Waals surface area contributed by atoms with Gasteiger partial charge in [0.1, 0.15) is 0 Å². The first-order chi connectivity index (χ1) is 7.52. The maximum Gasteiger partial charge on any atom is 0.309 e. The van der Waals surface area contributed by atoms with Crippen molar-refractivity contribution in [3.05, 3.63) is 17.0 Å². The summed E-state index contributed by atoms with van der Waals surface area (Å²) < 4.78 is 7.32. The van der Waals surface area contributed by atoms with E-state index < -0.39 is 11.9 Å².